The molecule has 6 nitrogen and oxygen atoms in total. The molecular weight excluding hydrogens is 372 g/mol. The highest BCUT2D eigenvalue weighted by molar-refractivity contribution is 6.33. The second kappa shape index (κ2) is 8.56. The van der Waals surface area contributed by atoms with Crippen molar-refractivity contribution >= 4 is 11.6 Å². The van der Waals surface area contributed by atoms with Gasteiger partial charge in [0.1, 0.15) is 36.3 Å². The molecule has 27 heavy (non-hydrogen) atoms. The maximum atomic E-state index is 10.3. The molecule has 7 heteroatoms. The van der Waals surface area contributed by atoms with E-state index in [0.29, 0.717) is 17.2 Å². The third kappa shape index (κ3) is 4.11. The fraction of sp³-hybridized carbons (Fsp3) is 0.400. The van der Waals surface area contributed by atoms with Crippen LogP contribution in [0, 0.1) is 0 Å². The minimum absolute atomic E-state index is 0.471. The molecule has 1 fully saturated rings. The fourth-order valence-electron chi connectivity index (χ4n) is 3.22. The van der Waals surface area contributed by atoms with Crippen molar-refractivity contribution in [1.29, 1.82) is 0 Å². The zero-order valence-corrected chi connectivity index (χ0v) is 15.6. The second-order valence-electron chi connectivity index (χ2n) is 6.45. The average molecular weight is 395 g/mol. The molecule has 0 radical (unpaired) electrons. The van der Waals surface area contributed by atoms with E-state index >= 15 is 0 Å². The van der Waals surface area contributed by atoms with Crippen molar-refractivity contribution in [3.63, 3.8) is 0 Å². The lowest BCUT2D eigenvalue weighted by atomic mass is 9.90. The third-order valence-corrected chi connectivity index (χ3v) is 5.02. The summed E-state index contributed by atoms with van der Waals surface area (Å²) in [5.41, 5.74) is 2.17. The number of aliphatic hydroxyl groups is 4. The highest BCUT2D eigenvalue weighted by atomic mass is 35.5. The number of ether oxygens (including phenoxy) is 2. The summed E-state index contributed by atoms with van der Waals surface area (Å²) in [5, 5.41) is 40.2. The molecule has 1 heterocycles. The van der Waals surface area contributed by atoms with Gasteiger partial charge in [-0.05, 0) is 42.3 Å². The molecule has 0 aromatic heterocycles. The Morgan fingerprint density at radius 1 is 1.00 bits per heavy atom. The Balaban J connectivity index is 1.92. The van der Waals surface area contributed by atoms with E-state index in [1.165, 1.54) is 0 Å². The summed E-state index contributed by atoms with van der Waals surface area (Å²) in [7, 11) is 0. The van der Waals surface area contributed by atoms with Crippen LogP contribution in [0.4, 0.5) is 0 Å². The predicted octanol–water partition coefficient (Wildman–Crippen LogP) is 1.92. The molecule has 0 amide bonds. The van der Waals surface area contributed by atoms with Gasteiger partial charge in [0.25, 0.3) is 0 Å². The molecule has 146 valence electrons. The number of halogens is 1. The molecule has 1 aliphatic heterocycles. The molecule has 5 atom stereocenters. The minimum atomic E-state index is -1.43. The van der Waals surface area contributed by atoms with E-state index in [0.717, 1.165) is 16.9 Å². The zero-order chi connectivity index (χ0) is 19.6. The van der Waals surface area contributed by atoms with Crippen molar-refractivity contribution < 1.29 is 29.9 Å². The van der Waals surface area contributed by atoms with Gasteiger partial charge in [0, 0.05) is 10.6 Å². The standard InChI is InChI=1S/C20H23ClO6/c1-2-26-13-6-3-11(4-7-13)14-9-12(5-8-15(14)21)20-19(25)18(24)17(23)16(10-22)27-20/h3-9,16-20,22-25H,2,10H2,1H3/t16-,17-,18+,19-,20+/m1/s1. The highest BCUT2D eigenvalue weighted by Crippen LogP contribution is 2.37. The van der Waals surface area contributed by atoms with Crippen LogP contribution >= 0.6 is 11.6 Å². The molecule has 0 aliphatic carbocycles. The van der Waals surface area contributed by atoms with E-state index in [9.17, 15) is 20.4 Å². The Labute approximate surface area is 162 Å². The van der Waals surface area contributed by atoms with E-state index in [-0.39, 0.29) is 0 Å². The first-order valence-electron chi connectivity index (χ1n) is 8.79. The summed E-state index contributed by atoms with van der Waals surface area (Å²) in [4.78, 5) is 0. The lowest BCUT2D eigenvalue weighted by Crippen LogP contribution is -2.55. The van der Waals surface area contributed by atoms with Crippen molar-refractivity contribution in [3.8, 4) is 16.9 Å². The van der Waals surface area contributed by atoms with Crippen LogP contribution < -0.4 is 4.74 Å². The van der Waals surface area contributed by atoms with Gasteiger partial charge in [-0.2, -0.15) is 0 Å². The van der Waals surface area contributed by atoms with Gasteiger partial charge in [0.2, 0.25) is 0 Å². The van der Waals surface area contributed by atoms with E-state index in [1.54, 1.807) is 18.2 Å². The maximum absolute atomic E-state index is 10.3. The van der Waals surface area contributed by atoms with Crippen molar-refractivity contribution in [2.75, 3.05) is 13.2 Å². The highest BCUT2D eigenvalue weighted by Gasteiger charge is 2.44. The smallest absolute Gasteiger partial charge is 0.119 e. The van der Waals surface area contributed by atoms with Crippen LogP contribution in [0.2, 0.25) is 5.02 Å². The van der Waals surface area contributed by atoms with Gasteiger partial charge >= 0.3 is 0 Å². The van der Waals surface area contributed by atoms with Gasteiger partial charge < -0.3 is 29.9 Å². The summed E-state index contributed by atoms with van der Waals surface area (Å²) in [6, 6.07) is 12.6. The van der Waals surface area contributed by atoms with Crippen LogP contribution in [0.5, 0.6) is 5.75 Å². The molecule has 4 N–H and O–H groups in total. The molecule has 0 unspecified atom stereocenters. The largest absolute Gasteiger partial charge is 0.494 e. The van der Waals surface area contributed by atoms with Gasteiger partial charge in [-0.1, -0.05) is 29.8 Å². The fourth-order valence-corrected chi connectivity index (χ4v) is 3.44. The van der Waals surface area contributed by atoms with Crippen LogP contribution in [0.25, 0.3) is 11.1 Å². The van der Waals surface area contributed by atoms with Crippen LogP contribution in [0.3, 0.4) is 0 Å². The summed E-state index contributed by atoms with van der Waals surface area (Å²) >= 11 is 6.35. The lowest BCUT2D eigenvalue weighted by Gasteiger charge is -2.40. The van der Waals surface area contributed by atoms with Gasteiger partial charge in [-0.3, -0.25) is 0 Å². The van der Waals surface area contributed by atoms with Gasteiger partial charge in [-0.25, -0.2) is 0 Å². The Hall–Kier alpha value is -1.67. The summed E-state index contributed by atoms with van der Waals surface area (Å²) in [6.45, 7) is 2.02. The molecule has 0 bridgehead atoms. The zero-order valence-electron chi connectivity index (χ0n) is 14.8. The van der Waals surface area contributed by atoms with Gasteiger partial charge in [0.15, 0.2) is 0 Å². The average Bonchev–Trinajstić information content (AvgIpc) is 2.68. The van der Waals surface area contributed by atoms with E-state index in [2.05, 4.69) is 0 Å². The monoisotopic (exact) mass is 394 g/mol. The van der Waals surface area contributed by atoms with Crippen LogP contribution in [0.1, 0.15) is 18.6 Å². The molecular formula is C20H23ClO6. The van der Waals surface area contributed by atoms with E-state index < -0.39 is 37.1 Å². The molecule has 1 aliphatic rings. The first-order chi connectivity index (χ1) is 13.0. The van der Waals surface area contributed by atoms with Crippen molar-refractivity contribution in [2.24, 2.45) is 0 Å². The molecule has 2 aromatic rings. The Morgan fingerprint density at radius 3 is 2.33 bits per heavy atom. The van der Waals surface area contributed by atoms with Crippen LogP contribution in [-0.4, -0.2) is 58.1 Å². The lowest BCUT2D eigenvalue weighted by molar-refractivity contribution is -0.231. The summed E-state index contributed by atoms with van der Waals surface area (Å²) < 4.78 is 11.1. The molecule has 3 rings (SSSR count). The van der Waals surface area contributed by atoms with Crippen LogP contribution in [0.15, 0.2) is 42.5 Å². The molecule has 0 spiro atoms. The van der Waals surface area contributed by atoms with Gasteiger partial charge in [0.05, 0.1) is 13.2 Å². The SMILES string of the molecule is CCOc1ccc(-c2cc([C@@H]3O[C@H](CO)[C@@H](O)[C@H](O)[C@H]3O)ccc2Cl)cc1. The van der Waals surface area contributed by atoms with Crippen molar-refractivity contribution in [3.05, 3.63) is 53.1 Å². The Morgan fingerprint density at radius 2 is 1.70 bits per heavy atom. The summed E-state index contributed by atoms with van der Waals surface area (Å²) in [5.74, 6) is 0.752. The number of rotatable bonds is 5. The predicted molar refractivity (Wildman–Crippen MR) is 101 cm³/mol. The van der Waals surface area contributed by atoms with Crippen LogP contribution in [-0.2, 0) is 4.74 Å². The maximum Gasteiger partial charge on any atom is 0.119 e. The molecule has 0 saturated carbocycles. The number of aliphatic hydroxyl groups excluding tert-OH is 4. The molecule has 2 aromatic carbocycles. The number of hydrogen-bond donors (Lipinski definition) is 4. The summed E-state index contributed by atoms with van der Waals surface area (Å²) in [6.07, 6.45) is -6.01. The van der Waals surface area contributed by atoms with Gasteiger partial charge in [-0.15, -0.1) is 0 Å². The third-order valence-electron chi connectivity index (χ3n) is 4.69. The molecule has 1 saturated heterocycles. The Bertz CT molecular complexity index is 764. The Kier molecular flexibility index (Phi) is 6.37. The van der Waals surface area contributed by atoms with E-state index in [4.69, 9.17) is 21.1 Å². The number of benzene rings is 2. The van der Waals surface area contributed by atoms with E-state index in [1.807, 2.05) is 31.2 Å². The minimum Gasteiger partial charge on any atom is -0.494 e. The quantitative estimate of drug-likeness (QED) is 0.618. The normalized spacial score (nSPS) is 28.1. The topological polar surface area (TPSA) is 99.4 Å². The second-order valence-corrected chi connectivity index (χ2v) is 6.85. The first-order valence-corrected chi connectivity index (χ1v) is 9.17. The number of hydrogen-bond acceptors (Lipinski definition) is 6. The van der Waals surface area contributed by atoms with Crippen molar-refractivity contribution in [1.82, 2.24) is 0 Å². The van der Waals surface area contributed by atoms with Crippen molar-refractivity contribution in [2.45, 2.75) is 37.4 Å². The first kappa shape index (κ1) is 20.1.